The van der Waals surface area contributed by atoms with E-state index in [1.54, 1.807) is 28.9 Å². The lowest BCUT2D eigenvalue weighted by Crippen LogP contribution is -2.22. The number of para-hydroxylation sites is 1. The fourth-order valence-electron chi connectivity index (χ4n) is 4.24. The lowest BCUT2D eigenvalue weighted by Gasteiger charge is -2.21. The number of fused-ring (bicyclic) bond motifs is 4. The molecule has 0 bridgehead atoms. The van der Waals surface area contributed by atoms with Gasteiger partial charge in [-0.15, -0.1) is 5.10 Å². The van der Waals surface area contributed by atoms with Gasteiger partial charge >= 0.3 is 0 Å². The molecule has 6 nitrogen and oxygen atoms in total. The van der Waals surface area contributed by atoms with E-state index in [1.807, 2.05) is 60.7 Å². The molecule has 1 aliphatic carbocycles. The largest absolute Gasteiger partial charge is 0.355 e. The Balaban J connectivity index is 1.66. The molecule has 1 aliphatic rings. The Kier molecular flexibility index (Phi) is 4.45. The van der Waals surface area contributed by atoms with Gasteiger partial charge in [-0.25, -0.2) is 4.68 Å². The van der Waals surface area contributed by atoms with Crippen molar-refractivity contribution in [3.05, 3.63) is 112 Å². The summed E-state index contributed by atoms with van der Waals surface area (Å²) >= 11 is 3.49. The molecule has 0 radical (unpaired) electrons. The lowest BCUT2D eigenvalue weighted by atomic mass is 9.82. The van der Waals surface area contributed by atoms with E-state index in [0.717, 1.165) is 15.8 Å². The third kappa shape index (κ3) is 3.08. The maximum absolute atomic E-state index is 13.6. The Hall–Kier alpha value is -4.10. The molecule has 0 amide bonds. The second-order valence-corrected chi connectivity index (χ2v) is 8.63. The van der Waals surface area contributed by atoms with E-state index in [4.69, 9.17) is 0 Å². The third-order valence-electron chi connectivity index (χ3n) is 5.72. The number of carbonyl (C=O) groups excluding carboxylic acids is 2. The number of hydrogen-bond donors (Lipinski definition) is 1. The van der Waals surface area contributed by atoms with E-state index in [9.17, 15) is 9.59 Å². The summed E-state index contributed by atoms with van der Waals surface area (Å²) in [4.78, 5) is 27.2. The monoisotopic (exact) mass is 494 g/mol. The van der Waals surface area contributed by atoms with Crippen molar-refractivity contribution in [1.82, 2.24) is 15.0 Å². The minimum atomic E-state index is -0.233. The van der Waals surface area contributed by atoms with Crippen LogP contribution in [0.2, 0.25) is 0 Å². The molecule has 0 spiro atoms. The van der Waals surface area contributed by atoms with E-state index >= 15 is 0 Å². The second-order valence-electron chi connectivity index (χ2n) is 7.72. The smallest absolute Gasteiger partial charge is 0.196 e. The van der Waals surface area contributed by atoms with Crippen LogP contribution in [0.3, 0.4) is 0 Å². The number of benzene rings is 4. The zero-order valence-corrected chi connectivity index (χ0v) is 18.7. The van der Waals surface area contributed by atoms with E-state index in [1.165, 1.54) is 0 Å². The highest BCUT2D eigenvalue weighted by molar-refractivity contribution is 9.10. The lowest BCUT2D eigenvalue weighted by molar-refractivity contribution is 0.0981. The molecule has 5 aromatic rings. The summed E-state index contributed by atoms with van der Waals surface area (Å²) in [5.41, 5.74) is 4.52. The van der Waals surface area contributed by atoms with Crippen LogP contribution in [0.25, 0.3) is 16.7 Å². The number of nitrogens with one attached hydrogen (secondary N) is 1. The fourth-order valence-corrected chi connectivity index (χ4v) is 4.63. The quantitative estimate of drug-likeness (QED) is 0.341. The minimum absolute atomic E-state index is 0.211. The van der Waals surface area contributed by atoms with E-state index in [2.05, 4.69) is 31.6 Å². The van der Waals surface area contributed by atoms with Gasteiger partial charge in [-0.05, 0) is 36.4 Å². The zero-order chi connectivity index (χ0) is 22.5. The molecular weight excluding hydrogens is 480 g/mol. The first-order valence-corrected chi connectivity index (χ1v) is 11.1. The number of aromatic nitrogens is 3. The SMILES string of the molecule is O=C1c2ccccc2C(=O)c2c1c(Nc1ccccc1)cc1c2nnn1-c1cccc(Br)c1. The summed E-state index contributed by atoms with van der Waals surface area (Å²) in [7, 11) is 0. The Morgan fingerprint density at radius 1 is 0.758 bits per heavy atom. The highest BCUT2D eigenvalue weighted by Gasteiger charge is 2.35. The van der Waals surface area contributed by atoms with Crippen molar-refractivity contribution < 1.29 is 9.59 Å². The van der Waals surface area contributed by atoms with Crippen molar-refractivity contribution in [3.63, 3.8) is 0 Å². The molecule has 0 atom stereocenters. The maximum Gasteiger partial charge on any atom is 0.196 e. The number of hydrogen-bond acceptors (Lipinski definition) is 5. The molecule has 33 heavy (non-hydrogen) atoms. The average molecular weight is 495 g/mol. The van der Waals surface area contributed by atoms with Gasteiger partial charge in [0.05, 0.1) is 28.0 Å². The maximum atomic E-state index is 13.6. The van der Waals surface area contributed by atoms with Gasteiger partial charge in [-0.1, -0.05) is 69.7 Å². The number of carbonyl (C=O) groups is 2. The molecule has 7 heteroatoms. The van der Waals surface area contributed by atoms with Gasteiger partial charge in [0.2, 0.25) is 0 Å². The molecule has 0 saturated carbocycles. The van der Waals surface area contributed by atoms with Gasteiger partial charge in [-0.3, -0.25) is 9.59 Å². The summed E-state index contributed by atoms with van der Waals surface area (Å²) in [5, 5.41) is 12.0. The van der Waals surface area contributed by atoms with Crippen LogP contribution in [-0.2, 0) is 0 Å². The Morgan fingerprint density at radius 3 is 2.18 bits per heavy atom. The van der Waals surface area contributed by atoms with Crippen molar-refractivity contribution >= 4 is 49.9 Å². The molecule has 0 aliphatic heterocycles. The molecule has 4 aromatic carbocycles. The Bertz CT molecular complexity index is 1590. The minimum Gasteiger partial charge on any atom is -0.355 e. The van der Waals surface area contributed by atoms with Crippen LogP contribution in [0.1, 0.15) is 31.8 Å². The number of ketones is 2. The van der Waals surface area contributed by atoms with E-state index < -0.39 is 0 Å². The van der Waals surface area contributed by atoms with Gasteiger partial charge < -0.3 is 5.32 Å². The first-order chi connectivity index (χ1) is 16.1. The standard InChI is InChI=1S/C26H15BrN4O2/c27-15-7-6-10-17(13-15)31-21-14-20(28-16-8-2-1-3-9-16)22-23(24(21)29-30-31)26(33)19-12-5-4-11-18(19)25(22)32/h1-14,28H. The zero-order valence-electron chi connectivity index (χ0n) is 17.1. The van der Waals surface area contributed by atoms with Crippen molar-refractivity contribution in [1.29, 1.82) is 0 Å². The van der Waals surface area contributed by atoms with Gasteiger partial charge in [0.25, 0.3) is 0 Å². The van der Waals surface area contributed by atoms with Gasteiger partial charge in [-0.2, -0.15) is 0 Å². The molecule has 0 fully saturated rings. The van der Waals surface area contributed by atoms with Crippen LogP contribution in [0.5, 0.6) is 0 Å². The number of rotatable bonds is 3. The Labute approximate surface area is 197 Å². The fraction of sp³-hybridized carbons (Fsp3) is 0. The van der Waals surface area contributed by atoms with Crippen LogP contribution < -0.4 is 5.32 Å². The van der Waals surface area contributed by atoms with E-state index in [-0.39, 0.29) is 17.1 Å². The molecule has 6 rings (SSSR count). The van der Waals surface area contributed by atoms with Crippen molar-refractivity contribution in [3.8, 4) is 5.69 Å². The summed E-state index contributed by atoms with van der Waals surface area (Å²) in [6.07, 6.45) is 0. The van der Waals surface area contributed by atoms with Gasteiger partial charge in [0.1, 0.15) is 5.52 Å². The highest BCUT2D eigenvalue weighted by Crippen LogP contribution is 2.38. The summed E-state index contributed by atoms with van der Waals surface area (Å²) < 4.78 is 2.57. The Morgan fingerprint density at radius 2 is 1.45 bits per heavy atom. The number of halogens is 1. The average Bonchev–Trinajstić information content (AvgIpc) is 3.26. The predicted octanol–water partition coefficient (Wildman–Crippen LogP) is 5.70. The van der Waals surface area contributed by atoms with Crippen LogP contribution in [0.4, 0.5) is 11.4 Å². The van der Waals surface area contributed by atoms with Crippen molar-refractivity contribution in [2.75, 3.05) is 5.32 Å². The molecule has 1 N–H and O–H groups in total. The highest BCUT2D eigenvalue weighted by atomic mass is 79.9. The van der Waals surface area contributed by atoms with E-state index in [0.29, 0.717) is 33.4 Å². The normalized spacial score (nSPS) is 12.5. The van der Waals surface area contributed by atoms with Crippen LogP contribution in [0, 0.1) is 0 Å². The third-order valence-corrected chi connectivity index (χ3v) is 6.21. The van der Waals surface area contributed by atoms with Gasteiger partial charge in [0.15, 0.2) is 11.6 Å². The summed E-state index contributed by atoms with van der Waals surface area (Å²) in [5.74, 6) is -0.444. The number of nitrogens with zero attached hydrogens (tertiary/aromatic N) is 3. The van der Waals surface area contributed by atoms with Gasteiger partial charge in [0, 0.05) is 21.3 Å². The van der Waals surface area contributed by atoms with Crippen molar-refractivity contribution in [2.24, 2.45) is 0 Å². The molecule has 1 heterocycles. The molecule has 1 aromatic heterocycles. The molecule has 158 valence electrons. The van der Waals surface area contributed by atoms with Crippen molar-refractivity contribution in [2.45, 2.75) is 0 Å². The van der Waals surface area contributed by atoms with Crippen LogP contribution >= 0.6 is 15.9 Å². The predicted molar refractivity (Wildman–Crippen MR) is 130 cm³/mol. The molecule has 0 unspecified atom stereocenters. The number of anilines is 2. The summed E-state index contributed by atoms with van der Waals surface area (Å²) in [6, 6.07) is 25.9. The first-order valence-electron chi connectivity index (χ1n) is 10.3. The van der Waals surface area contributed by atoms with Crippen LogP contribution in [0.15, 0.2) is 89.4 Å². The molecule has 0 saturated heterocycles. The topological polar surface area (TPSA) is 76.9 Å². The first kappa shape index (κ1) is 19.6. The molecular formula is C26H15BrN4O2. The second kappa shape index (κ2) is 7.50. The van der Waals surface area contributed by atoms with Crippen LogP contribution in [-0.4, -0.2) is 26.6 Å². The summed E-state index contributed by atoms with van der Waals surface area (Å²) in [6.45, 7) is 0.